The first kappa shape index (κ1) is 35.9. The lowest BCUT2D eigenvalue weighted by Crippen LogP contribution is -2.37. The summed E-state index contributed by atoms with van der Waals surface area (Å²) in [5.41, 5.74) is -1.80. The molecule has 9 heteroatoms. The Morgan fingerprint density at radius 3 is 1.82 bits per heavy atom. The number of esters is 2. The normalized spacial score (nSPS) is 15.1. The zero-order valence-corrected chi connectivity index (χ0v) is 24.2. The summed E-state index contributed by atoms with van der Waals surface area (Å²) in [6.45, 7) is 13.1. The van der Waals surface area contributed by atoms with Crippen molar-refractivity contribution >= 4 is 11.9 Å². The summed E-state index contributed by atoms with van der Waals surface area (Å²) >= 11 is 0. The summed E-state index contributed by atoms with van der Waals surface area (Å²) in [5.74, 6) is 10.7. The van der Waals surface area contributed by atoms with E-state index in [0.29, 0.717) is 45.9 Å². The van der Waals surface area contributed by atoms with Gasteiger partial charge in [0.15, 0.2) is 17.5 Å². The molecule has 0 aromatic carbocycles. The van der Waals surface area contributed by atoms with Crippen LogP contribution in [0, 0.1) is 23.7 Å². The smallest absolute Gasteiger partial charge is 0.337 e. The van der Waals surface area contributed by atoms with Crippen LogP contribution in [0.5, 0.6) is 0 Å². The SMILES string of the molecule is CCOC(=O)C(C)(C)OCCCC#CCO.CCOC(=O)C(C)(C)OCCCC#CCOC1CCCCO1. The number of carbonyl (C=O) groups is 2. The molecule has 0 amide bonds. The number of carbonyl (C=O) groups excluding carboxylic acids is 2. The minimum Gasteiger partial charge on any atom is -0.464 e. The van der Waals surface area contributed by atoms with Gasteiger partial charge in [0.05, 0.1) is 13.2 Å². The van der Waals surface area contributed by atoms with E-state index >= 15 is 0 Å². The molecule has 1 heterocycles. The number of aliphatic hydroxyl groups excluding tert-OH is 1. The van der Waals surface area contributed by atoms with Crippen LogP contribution in [0.2, 0.25) is 0 Å². The first-order chi connectivity index (χ1) is 18.1. The number of hydrogen-bond donors (Lipinski definition) is 1. The Morgan fingerprint density at radius 2 is 1.37 bits per heavy atom. The van der Waals surface area contributed by atoms with Crippen molar-refractivity contribution in [3.05, 3.63) is 0 Å². The number of aliphatic hydroxyl groups is 1. The van der Waals surface area contributed by atoms with Gasteiger partial charge in [-0.2, -0.15) is 0 Å². The molecule has 1 aliphatic rings. The molecular weight excluding hydrogens is 492 g/mol. The number of unbranched alkanes of at least 4 members (excludes halogenated alkanes) is 2. The van der Waals surface area contributed by atoms with Crippen LogP contribution in [0.1, 0.15) is 86.5 Å². The molecule has 1 saturated heterocycles. The van der Waals surface area contributed by atoms with E-state index in [1.807, 2.05) is 0 Å². The molecule has 0 radical (unpaired) electrons. The van der Waals surface area contributed by atoms with Crippen molar-refractivity contribution in [2.24, 2.45) is 0 Å². The van der Waals surface area contributed by atoms with E-state index < -0.39 is 11.2 Å². The summed E-state index contributed by atoms with van der Waals surface area (Å²) in [7, 11) is 0. The van der Waals surface area contributed by atoms with Gasteiger partial charge in [-0.3, -0.25) is 0 Å². The van der Waals surface area contributed by atoms with Gasteiger partial charge < -0.3 is 33.5 Å². The van der Waals surface area contributed by atoms with E-state index in [2.05, 4.69) is 23.7 Å². The molecule has 1 unspecified atom stereocenters. The van der Waals surface area contributed by atoms with Crippen LogP contribution in [0.4, 0.5) is 0 Å². The molecule has 9 nitrogen and oxygen atoms in total. The van der Waals surface area contributed by atoms with Crippen molar-refractivity contribution < 1.29 is 43.1 Å². The maximum absolute atomic E-state index is 11.6. The Hall–Kier alpha value is -2.14. The van der Waals surface area contributed by atoms with Crippen LogP contribution < -0.4 is 0 Å². The second-order valence-corrected chi connectivity index (χ2v) is 9.34. The molecule has 0 aromatic heterocycles. The second kappa shape index (κ2) is 21.8. The van der Waals surface area contributed by atoms with Crippen molar-refractivity contribution in [2.75, 3.05) is 46.2 Å². The van der Waals surface area contributed by atoms with Crippen molar-refractivity contribution in [2.45, 2.75) is 104 Å². The third kappa shape index (κ3) is 18.2. The van der Waals surface area contributed by atoms with Gasteiger partial charge in [-0.25, -0.2) is 9.59 Å². The van der Waals surface area contributed by atoms with Gasteiger partial charge in [-0.15, -0.1) is 11.8 Å². The van der Waals surface area contributed by atoms with Crippen molar-refractivity contribution in [1.29, 1.82) is 0 Å². The van der Waals surface area contributed by atoms with Gasteiger partial charge in [-0.1, -0.05) is 11.8 Å². The summed E-state index contributed by atoms with van der Waals surface area (Å²) in [6.07, 6.45) is 6.02. The zero-order chi connectivity index (χ0) is 28.7. The molecule has 1 fully saturated rings. The molecule has 218 valence electrons. The van der Waals surface area contributed by atoms with Crippen LogP contribution in [0.25, 0.3) is 0 Å². The summed E-state index contributed by atoms with van der Waals surface area (Å²) < 4.78 is 31.8. The maximum atomic E-state index is 11.6. The third-order valence-electron chi connectivity index (χ3n) is 5.16. The van der Waals surface area contributed by atoms with Crippen LogP contribution in [-0.2, 0) is 38.0 Å². The molecule has 0 bridgehead atoms. The molecule has 1 rings (SSSR count). The molecule has 0 spiro atoms. The van der Waals surface area contributed by atoms with Gasteiger partial charge in [0.2, 0.25) is 0 Å². The second-order valence-electron chi connectivity index (χ2n) is 9.34. The number of ether oxygens (including phenoxy) is 6. The Balaban J connectivity index is 0.000000761. The summed E-state index contributed by atoms with van der Waals surface area (Å²) in [4.78, 5) is 23.0. The topological polar surface area (TPSA) is 110 Å². The average Bonchev–Trinajstić information content (AvgIpc) is 2.89. The van der Waals surface area contributed by atoms with E-state index in [0.717, 1.165) is 38.7 Å². The lowest BCUT2D eigenvalue weighted by molar-refractivity contribution is -0.168. The number of hydrogen-bond acceptors (Lipinski definition) is 9. The molecule has 0 aliphatic carbocycles. The van der Waals surface area contributed by atoms with Gasteiger partial charge in [0, 0.05) is 32.7 Å². The van der Waals surface area contributed by atoms with Gasteiger partial charge in [0.1, 0.15) is 13.2 Å². The highest BCUT2D eigenvalue weighted by Crippen LogP contribution is 2.14. The van der Waals surface area contributed by atoms with Gasteiger partial charge in [0.25, 0.3) is 0 Å². The first-order valence-electron chi connectivity index (χ1n) is 13.5. The third-order valence-corrected chi connectivity index (χ3v) is 5.16. The fourth-order valence-electron chi connectivity index (χ4n) is 2.96. The molecule has 1 atom stereocenters. The van der Waals surface area contributed by atoms with Crippen LogP contribution in [-0.4, -0.2) is 80.8 Å². The van der Waals surface area contributed by atoms with E-state index in [9.17, 15) is 9.59 Å². The van der Waals surface area contributed by atoms with Crippen molar-refractivity contribution in [3.8, 4) is 23.7 Å². The Morgan fingerprint density at radius 1 is 0.842 bits per heavy atom. The number of rotatable bonds is 14. The first-order valence-corrected chi connectivity index (χ1v) is 13.5. The van der Waals surface area contributed by atoms with Crippen molar-refractivity contribution in [3.63, 3.8) is 0 Å². The van der Waals surface area contributed by atoms with Gasteiger partial charge in [-0.05, 0) is 73.6 Å². The quantitative estimate of drug-likeness (QED) is 0.200. The Bertz CT molecular complexity index is 762. The van der Waals surface area contributed by atoms with Crippen LogP contribution in [0.3, 0.4) is 0 Å². The molecule has 38 heavy (non-hydrogen) atoms. The fourth-order valence-corrected chi connectivity index (χ4v) is 2.96. The summed E-state index contributed by atoms with van der Waals surface area (Å²) in [5, 5.41) is 8.42. The van der Waals surface area contributed by atoms with Crippen LogP contribution >= 0.6 is 0 Å². The highest BCUT2D eigenvalue weighted by molar-refractivity contribution is 5.78. The molecule has 1 N–H and O–H groups in total. The molecule has 0 aromatic rings. The highest BCUT2D eigenvalue weighted by Gasteiger charge is 2.30. The monoisotopic (exact) mass is 540 g/mol. The highest BCUT2D eigenvalue weighted by atomic mass is 16.7. The molecular formula is C29H48O9. The lowest BCUT2D eigenvalue weighted by Gasteiger charge is -2.22. The molecule has 1 aliphatic heterocycles. The minimum absolute atomic E-state index is 0.0863. The predicted molar refractivity (Wildman–Crippen MR) is 144 cm³/mol. The Kier molecular flexibility index (Phi) is 20.5. The minimum atomic E-state index is -0.902. The predicted octanol–water partition coefficient (Wildman–Crippen LogP) is 3.79. The van der Waals surface area contributed by atoms with E-state index in [1.165, 1.54) is 0 Å². The molecule has 0 saturated carbocycles. The zero-order valence-electron chi connectivity index (χ0n) is 24.2. The van der Waals surface area contributed by atoms with E-state index in [-0.39, 0.29) is 24.8 Å². The largest absolute Gasteiger partial charge is 0.464 e. The standard InChI is InChI=1S/C17H28O5.C12H20O4/c1-4-19-16(18)17(2,3)22-14-9-6-5-8-12-20-15-11-7-10-13-21-15;1-4-15-11(14)12(2,3)16-10-8-6-5-7-9-13/h15H,4,6-7,9-14H2,1-3H3;13H,4,6,8-10H2,1-3H3. The maximum Gasteiger partial charge on any atom is 0.337 e. The average molecular weight is 541 g/mol. The van der Waals surface area contributed by atoms with Crippen molar-refractivity contribution in [1.82, 2.24) is 0 Å². The lowest BCUT2D eigenvalue weighted by atomic mass is 10.1. The van der Waals surface area contributed by atoms with E-state index in [1.54, 1.807) is 41.5 Å². The fraction of sp³-hybridized carbons (Fsp3) is 0.793. The van der Waals surface area contributed by atoms with E-state index in [4.69, 9.17) is 33.5 Å². The van der Waals surface area contributed by atoms with Gasteiger partial charge >= 0.3 is 11.9 Å². The van der Waals surface area contributed by atoms with Crippen LogP contribution in [0.15, 0.2) is 0 Å². The Labute approximate surface area is 229 Å². The summed E-state index contributed by atoms with van der Waals surface area (Å²) in [6, 6.07) is 0.